The van der Waals surface area contributed by atoms with E-state index in [1.807, 2.05) is 0 Å². The molecule has 0 saturated carbocycles. The van der Waals surface area contributed by atoms with Crippen LogP contribution in [0.4, 0.5) is 0 Å². The minimum atomic E-state index is -0.131. The molecule has 5 nitrogen and oxygen atoms in total. The molecule has 0 aliphatic heterocycles. The quantitative estimate of drug-likeness (QED) is 0.502. The maximum Gasteiger partial charge on any atom is 0.246 e. The molecule has 0 spiro atoms. The minimum absolute atomic E-state index is 0.0805. The van der Waals surface area contributed by atoms with Gasteiger partial charge in [-0.3, -0.25) is 4.79 Å². The summed E-state index contributed by atoms with van der Waals surface area (Å²) in [5.41, 5.74) is 5.22. The van der Waals surface area contributed by atoms with Crippen molar-refractivity contribution in [3.63, 3.8) is 0 Å². The van der Waals surface area contributed by atoms with Crippen molar-refractivity contribution in [1.29, 1.82) is 0 Å². The van der Waals surface area contributed by atoms with Gasteiger partial charge in [0.05, 0.1) is 13.2 Å². The number of nitrogens with two attached hydrogens (primary N) is 1. The third-order valence-corrected chi connectivity index (χ3v) is 1.71. The summed E-state index contributed by atoms with van der Waals surface area (Å²) in [6.07, 6.45) is 2.19. The summed E-state index contributed by atoms with van der Waals surface area (Å²) >= 11 is 0. The van der Waals surface area contributed by atoms with Crippen LogP contribution >= 0.6 is 0 Å². The van der Waals surface area contributed by atoms with Crippen molar-refractivity contribution in [1.82, 2.24) is 5.32 Å². The molecule has 0 saturated heterocycles. The highest BCUT2D eigenvalue weighted by Gasteiger charge is 1.98. The van der Waals surface area contributed by atoms with Crippen molar-refractivity contribution in [3.8, 4) is 0 Å². The summed E-state index contributed by atoms with van der Waals surface area (Å²) in [5.74, 6) is -0.131. The summed E-state index contributed by atoms with van der Waals surface area (Å²) in [4.78, 5) is 11.0. The van der Waals surface area contributed by atoms with Crippen LogP contribution < -0.4 is 11.1 Å². The lowest BCUT2D eigenvalue weighted by Crippen LogP contribution is -2.32. The lowest BCUT2D eigenvalue weighted by Gasteiger charge is -2.05. The van der Waals surface area contributed by atoms with E-state index in [1.165, 1.54) is 0 Å². The first-order valence-corrected chi connectivity index (χ1v) is 5.43. The smallest absolute Gasteiger partial charge is 0.246 e. The molecule has 5 heteroatoms. The van der Waals surface area contributed by atoms with Crippen LogP contribution in [0, 0.1) is 0 Å². The second-order valence-corrected chi connectivity index (χ2v) is 3.16. The van der Waals surface area contributed by atoms with Crippen LogP contribution in [0.15, 0.2) is 0 Å². The molecule has 1 amide bonds. The standard InChI is InChI=1S/C10H22N2O3/c1-2-3-6-14-7-8-15-9-10(13)12-5-4-11/h2-9,11H2,1H3,(H,12,13). The van der Waals surface area contributed by atoms with Crippen molar-refractivity contribution in [3.05, 3.63) is 0 Å². The first-order valence-electron chi connectivity index (χ1n) is 5.43. The number of nitrogens with one attached hydrogen (secondary N) is 1. The van der Waals surface area contributed by atoms with Gasteiger partial charge in [-0.25, -0.2) is 0 Å². The zero-order valence-electron chi connectivity index (χ0n) is 9.46. The van der Waals surface area contributed by atoms with Gasteiger partial charge in [-0.15, -0.1) is 0 Å². The van der Waals surface area contributed by atoms with E-state index in [9.17, 15) is 4.79 Å². The average Bonchev–Trinajstić information content (AvgIpc) is 2.25. The van der Waals surface area contributed by atoms with Gasteiger partial charge in [0, 0.05) is 19.7 Å². The first-order chi connectivity index (χ1) is 7.31. The van der Waals surface area contributed by atoms with Crippen LogP contribution in [-0.2, 0) is 14.3 Å². The maximum atomic E-state index is 11.0. The van der Waals surface area contributed by atoms with Crippen molar-refractivity contribution in [2.45, 2.75) is 19.8 Å². The Morgan fingerprint density at radius 1 is 1.27 bits per heavy atom. The molecule has 0 aliphatic carbocycles. The Labute approximate surface area is 91.3 Å². The molecule has 0 bridgehead atoms. The van der Waals surface area contributed by atoms with Gasteiger partial charge in [0.2, 0.25) is 5.91 Å². The zero-order chi connectivity index (χ0) is 11.4. The predicted octanol–water partition coefficient (Wildman–Crippen LogP) is -0.105. The number of hydrogen-bond acceptors (Lipinski definition) is 4. The van der Waals surface area contributed by atoms with E-state index in [-0.39, 0.29) is 12.5 Å². The molecular formula is C10H22N2O3. The Morgan fingerprint density at radius 3 is 2.67 bits per heavy atom. The number of hydrogen-bond donors (Lipinski definition) is 2. The van der Waals surface area contributed by atoms with Crippen molar-refractivity contribution < 1.29 is 14.3 Å². The Morgan fingerprint density at radius 2 is 2.00 bits per heavy atom. The molecule has 15 heavy (non-hydrogen) atoms. The molecule has 0 aliphatic rings. The lowest BCUT2D eigenvalue weighted by molar-refractivity contribution is -0.126. The molecule has 0 fully saturated rings. The Kier molecular flexibility index (Phi) is 10.9. The number of carbonyl (C=O) groups excluding carboxylic acids is 1. The zero-order valence-corrected chi connectivity index (χ0v) is 9.46. The van der Waals surface area contributed by atoms with Crippen LogP contribution in [-0.4, -0.2) is 45.4 Å². The van der Waals surface area contributed by atoms with Gasteiger partial charge in [-0.05, 0) is 6.42 Å². The highest BCUT2D eigenvalue weighted by atomic mass is 16.5. The molecule has 0 aromatic rings. The Bertz CT molecular complexity index is 154. The van der Waals surface area contributed by atoms with E-state index in [0.717, 1.165) is 19.4 Å². The number of carbonyl (C=O) groups is 1. The van der Waals surface area contributed by atoms with Crippen LogP contribution in [0.5, 0.6) is 0 Å². The molecule has 90 valence electrons. The Hall–Kier alpha value is -0.650. The highest BCUT2D eigenvalue weighted by Crippen LogP contribution is 1.87. The Balaban J connectivity index is 3.06. The van der Waals surface area contributed by atoms with Crippen LogP contribution in [0.25, 0.3) is 0 Å². The fourth-order valence-electron chi connectivity index (χ4n) is 0.894. The molecule has 0 heterocycles. The minimum Gasteiger partial charge on any atom is -0.379 e. The fraction of sp³-hybridized carbons (Fsp3) is 0.900. The fourth-order valence-corrected chi connectivity index (χ4v) is 0.894. The predicted molar refractivity (Wildman–Crippen MR) is 58.6 cm³/mol. The van der Waals surface area contributed by atoms with Crippen molar-refractivity contribution >= 4 is 5.91 Å². The van der Waals surface area contributed by atoms with Crippen LogP contribution in [0.3, 0.4) is 0 Å². The third-order valence-electron chi connectivity index (χ3n) is 1.71. The van der Waals surface area contributed by atoms with E-state index in [4.69, 9.17) is 15.2 Å². The molecule has 0 aromatic heterocycles. The van der Waals surface area contributed by atoms with Crippen molar-refractivity contribution in [2.24, 2.45) is 5.73 Å². The van der Waals surface area contributed by atoms with Gasteiger partial charge in [0.15, 0.2) is 0 Å². The van der Waals surface area contributed by atoms with Gasteiger partial charge in [-0.1, -0.05) is 13.3 Å². The summed E-state index contributed by atoms with van der Waals surface area (Å²) in [5, 5.41) is 2.61. The van der Waals surface area contributed by atoms with Crippen LogP contribution in [0.1, 0.15) is 19.8 Å². The van der Waals surface area contributed by atoms with Gasteiger partial charge in [0.25, 0.3) is 0 Å². The lowest BCUT2D eigenvalue weighted by atomic mass is 10.4. The van der Waals surface area contributed by atoms with Crippen molar-refractivity contribution in [2.75, 3.05) is 39.5 Å². The second kappa shape index (κ2) is 11.4. The number of ether oxygens (including phenoxy) is 2. The summed E-state index contributed by atoms with van der Waals surface area (Å²) in [6.45, 7) is 4.91. The van der Waals surface area contributed by atoms with Gasteiger partial charge < -0.3 is 20.5 Å². The highest BCUT2D eigenvalue weighted by molar-refractivity contribution is 5.77. The van der Waals surface area contributed by atoms with E-state index >= 15 is 0 Å². The van der Waals surface area contributed by atoms with E-state index in [2.05, 4.69) is 12.2 Å². The normalized spacial score (nSPS) is 10.3. The average molecular weight is 218 g/mol. The third kappa shape index (κ3) is 11.3. The molecule has 0 rings (SSSR count). The molecule has 0 unspecified atom stereocenters. The number of unbranched alkanes of at least 4 members (excludes halogenated alkanes) is 1. The van der Waals surface area contributed by atoms with E-state index in [1.54, 1.807) is 0 Å². The largest absolute Gasteiger partial charge is 0.379 e. The van der Waals surface area contributed by atoms with E-state index < -0.39 is 0 Å². The molecule has 0 radical (unpaired) electrons. The number of rotatable bonds is 10. The second-order valence-electron chi connectivity index (χ2n) is 3.16. The summed E-state index contributed by atoms with van der Waals surface area (Å²) in [6, 6.07) is 0. The SMILES string of the molecule is CCCCOCCOCC(=O)NCCN. The van der Waals surface area contributed by atoms with Gasteiger partial charge >= 0.3 is 0 Å². The molecular weight excluding hydrogens is 196 g/mol. The van der Waals surface area contributed by atoms with Crippen LogP contribution in [0.2, 0.25) is 0 Å². The molecule has 0 atom stereocenters. The molecule has 0 aromatic carbocycles. The number of amides is 1. The van der Waals surface area contributed by atoms with E-state index in [0.29, 0.717) is 26.3 Å². The first kappa shape index (κ1) is 14.3. The van der Waals surface area contributed by atoms with Gasteiger partial charge in [-0.2, -0.15) is 0 Å². The van der Waals surface area contributed by atoms with Gasteiger partial charge in [0.1, 0.15) is 6.61 Å². The summed E-state index contributed by atoms with van der Waals surface area (Å²) in [7, 11) is 0. The summed E-state index contributed by atoms with van der Waals surface area (Å²) < 4.78 is 10.4. The topological polar surface area (TPSA) is 73.6 Å². The maximum absolute atomic E-state index is 11.0. The monoisotopic (exact) mass is 218 g/mol. The molecule has 3 N–H and O–H groups in total.